The van der Waals surface area contributed by atoms with E-state index in [4.69, 9.17) is 4.74 Å². The molecule has 0 bridgehead atoms. The van der Waals surface area contributed by atoms with E-state index < -0.39 is 11.7 Å². The molecule has 112 valence electrons. The van der Waals surface area contributed by atoms with E-state index in [1.807, 2.05) is 20.8 Å². The summed E-state index contributed by atoms with van der Waals surface area (Å²) in [5, 5.41) is 3.26. The SMILES string of the molecule is C=C(CNC(C)(C)C)COc1ccc(C(F)(F)F)cc1. The Bertz CT molecular complexity index is 444. The summed E-state index contributed by atoms with van der Waals surface area (Å²) >= 11 is 0. The van der Waals surface area contributed by atoms with Crippen LogP contribution in [0.5, 0.6) is 5.75 Å². The summed E-state index contributed by atoms with van der Waals surface area (Å²) in [5.41, 5.74) is 0.134. The quantitative estimate of drug-likeness (QED) is 0.826. The maximum atomic E-state index is 12.4. The van der Waals surface area contributed by atoms with Crippen LogP contribution in [0.15, 0.2) is 36.4 Å². The average molecular weight is 287 g/mol. The molecular weight excluding hydrogens is 267 g/mol. The summed E-state index contributed by atoms with van der Waals surface area (Å²) < 4.78 is 42.5. The highest BCUT2D eigenvalue weighted by Gasteiger charge is 2.29. The van der Waals surface area contributed by atoms with Gasteiger partial charge in [0, 0.05) is 12.1 Å². The molecule has 1 N–H and O–H groups in total. The molecule has 0 saturated heterocycles. The molecule has 5 heteroatoms. The van der Waals surface area contributed by atoms with E-state index in [1.165, 1.54) is 12.1 Å². The molecule has 0 aliphatic carbocycles. The maximum absolute atomic E-state index is 12.4. The zero-order chi connectivity index (χ0) is 15.4. The smallest absolute Gasteiger partial charge is 0.416 e. The minimum atomic E-state index is -4.32. The zero-order valence-electron chi connectivity index (χ0n) is 12.0. The largest absolute Gasteiger partial charge is 0.489 e. The highest BCUT2D eigenvalue weighted by atomic mass is 19.4. The molecule has 1 aromatic carbocycles. The summed E-state index contributed by atoms with van der Waals surface area (Å²) in [6.07, 6.45) is -4.32. The van der Waals surface area contributed by atoms with Crippen LogP contribution in [0.1, 0.15) is 26.3 Å². The minimum Gasteiger partial charge on any atom is -0.489 e. The number of ether oxygens (including phenoxy) is 1. The Morgan fingerprint density at radius 2 is 1.70 bits per heavy atom. The normalized spacial score (nSPS) is 12.3. The third-order valence-corrected chi connectivity index (χ3v) is 2.49. The van der Waals surface area contributed by atoms with Crippen molar-refractivity contribution in [2.24, 2.45) is 0 Å². The fourth-order valence-corrected chi connectivity index (χ4v) is 1.37. The van der Waals surface area contributed by atoms with Crippen molar-refractivity contribution in [3.63, 3.8) is 0 Å². The van der Waals surface area contributed by atoms with Gasteiger partial charge in [-0.25, -0.2) is 0 Å². The lowest BCUT2D eigenvalue weighted by Gasteiger charge is -2.21. The van der Waals surface area contributed by atoms with Crippen LogP contribution < -0.4 is 10.1 Å². The number of alkyl halides is 3. The molecule has 2 nitrogen and oxygen atoms in total. The van der Waals surface area contributed by atoms with Crippen molar-refractivity contribution in [2.75, 3.05) is 13.2 Å². The number of nitrogens with one attached hydrogen (secondary N) is 1. The minimum absolute atomic E-state index is 0.0166. The Hall–Kier alpha value is -1.49. The van der Waals surface area contributed by atoms with E-state index in [0.717, 1.165) is 17.7 Å². The number of benzene rings is 1. The van der Waals surface area contributed by atoms with Gasteiger partial charge in [-0.05, 0) is 50.6 Å². The summed E-state index contributed by atoms with van der Waals surface area (Å²) in [6, 6.07) is 4.64. The van der Waals surface area contributed by atoms with Crippen molar-refractivity contribution in [3.8, 4) is 5.75 Å². The predicted molar refractivity (Wildman–Crippen MR) is 73.8 cm³/mol. The first kappa shape index (κ1) is 16.6. The second-order valence-electron chi connectivity index (χ2n) is 5.66. The van der Waals surface area contributed by atoms with Gasteiger partial charge in [-0.1, -0.05) is 6.58 Å². The Balaban J connectivity index is 2.44. The Kier molecular flexibility index (Phi) is 5.22. The van der Waals surface area contributed by atoms with Crippen LogP contribution in [0.3, 0.4) is 0 Å². The molecular formula is C15H20F3NO. The van der Waals surface area contributed by atoms with Gasteiger partial charge >= 0.3 is 6.18 Å². The van der Waals surface area contributed by atoms with Gasteiger partial charge in [-0.2, -0.15) is 13.2 Å². The number of hydrogen-bond acceptors (Lipinski definition) is 2. The van der Waals surface area contributed by atoms with Crippen LogP contribution in [0.2, 0.25) is 0 Å². The summed E-state index contributed by atoms with van der Waals surface area (Å²) in [4.78, 5) is 0. The van der Waals surface area contributed by atoms with E-state index in [-0.39, 0.29) is 12.1 Å². The lowest BCUT2D eigenvalue weighted by atomic mass is 10.1. The van der Waals surface area contributed by atoms with Gasteiger partial charge in [-0.15, -0.1) is 0 Å². The summed E-state index contributed by atoms with van der Waals surface area (Å²) in [5.74, 6) is 0.398. The van der Waals surface area contributed by atoms with E-state index in [0.29, 0.717) is 12.3 Å². The molecule has 0 radical (unpaired) electrons. The molecule has 1 rings (SSSR count). The van der Waals surface area contributed by atoms with Gasteiger partial charge in [0.1, 0.15) is 12.4 Å². The van der Waals surface area contributed by atoms with Gasteiger partial charge in [0.05, 0.1) is 5.56 Å². The zero-order valence-corrected chi connectivity index (χ0v) is 12.0. The Morgan fingerprint density at radius 1 is 1.15 bits per heavy atom. The standard InChI is InChI=1S/C15H20F3NO/c1-11(9-19-14(2,3)4)10-20-13-7-5-12(6-8-13)15(16,17)18/h5-8,19H,1,9-10H2,2-4H3. The van der Waals surface area contributed by atoms with E-state index in [9.17, 15) is 13.2 Å². The maximum Gasteiger partial charge on any atom is 0.416 e. The number of halogens is 3. The monoisotopic (exact) mass is 287 g/mol. The second kappa shape index (κ2) is 6.31. The van der Waals surface area contributed by atoms with Crippen molar-refractivity contribution >= 4 is 0 Å². The van der Waals surface area contributed by atoms with Crippen molar-refractivity contribution < 1.29 is 17.9 Å². The van der Waals surface area contributed by atoms with Crippen LogP contribution in [0, 0.1) is 0 Å². The van der Waals surface area contributed by atoms with Crippen LogP contribution >= 0.6 is 0 Å². The number of hydrogen-bond donors (Lipinski definition) is 1. The Morgan fingerprint density at radius 3 is 2.15 bits per heavy atom. The molecule has 0 aliphatic heterocycles. The van der Waals surface area contributed by atoms with Crippen molar-refractivity contribution in [3.05, 3.63) is 42.0 Å². The molecule has 0 unspecified atom stereocenters. The molecule has 20 heavy (non-hydrogen) atoms. The fraction of sp³-hybridized carbons (Fsp3) is 0.467. The number of rotatable bonds is 5. The molecule has 0 atom stereocenters. The molecule has 0 spiro atoms. The van der Waals surface area contributed by atoms with Gasteiger partial charge in [-0.3, -0.25) is 0 Å². The van der Waals surface area contributed by atoms with Gasteiger partial charge in [0.15, 0.2) is 0 Å². The van der Waals surface area contributed by atoms with Gasteiger partial charge in [0.2, 0.25) is 0 Å². The summed E-state index contributed by atoms with van der Waals surface area (Å²) in [7, 11) is 0. The molecule has 0 aromatic heterocycles. The third kappa shape index (κ3) is 6.10. The van der Waals surface area contributed by atoms with E-state index in [1.54, 1.807) is 0 Å². The van der Waals surface area contributed by atoms with Crippen LogP contribution in [0.25, 0.3) is 0 Å². The van der Waals surface area contributed by atoms with Crippen LogP contribution in [0.4, 0.5) is 13.2 Å². The molecule has 0 saturated carbocycles. The fourth-order valence-electron chi connectivity index (χ4n) is 1.37. The predicted octanol–water partition coefficient (Wildman–Crippen LogP) is 4.03. The molecule has 0 heterocycles. The van der Waals surface area contributed by atoms with Crippen molar-refractivity contribution in [2.45, 2.75) is 32.5 Å². The summed E-state index contributed by atoms with van der Waals surface area (Å²) in [6.45, 7) is 10.9. The highest BCUT2D eigenvalue weighted by molar-refractivity contribution is 5.29. The van der Waals surface area contributed by atoms with Crippen molar-refractivity contribution in [1.82, 2.24) is 5.32 Å². The topological polar surface area (TPSA) is 21.3 Å². The van der Waals surface area contributed by atoms with Crippen LogP contribution in [-0.2, 0) is 6.18 Å². The highest BCUT2D eigenvalue weighted by Crippen LogP contribution is 2.30. The lowest BCUT2D eigenvalue weighted by molar-refractivity contribution is -0.137. The van der Waals surface area contributed by atoms with E-state index >= 15 is 0 Å². The van der Waals surface area contributed by atoms with Gasteiger partial charge in [0.25, 0.3) is 0 Å². The van der Waals surface area contributed by atoms with Gasteiger partial charge < -0.3 is 10.1 Å². The third-order valence-electron chi connectivity index (χ3n) is 2.49. The molecule has 0 fully saturated rings. The molecule has 0 aliphatic rings. The van der Waals surface area contributed by atoms with Crippen molar-refractivity contribution in [1.29, 1.82) is 0 Å². The average Bonchev–Trinajstić information content (AvgIpc) is 2.32. The first-order valence-electron chi connectivity index (χ1n) is 6.30. The Labute approximate surface area is 117 Å². The van der Waals surface area contributed by atoms with Crippen LogP contribution in [-0.4, -0.2) is 18.7 Å². The lowest BCUT2D eigenvalue weighted by Crippen LogP contribution is -2.37. The first-order valence-corrected chi connectivity index (χ1v) is 6.30. The molecule has 0 amide bonds. The molecule has 1 aromatic rings. The first-order chi connectivity index (χ1) is 9.08. The second-order valence-corrected chi connectivity index (χ2v) is 5.66. The van der Waals surface area contributed by atoms with E-state index in [2.05, 4.69) is 11.9 Å².